The quantitative estimate of drug-likeness (QED) is 0.551. The SMILES string of the molecule is Cc1c[c-](O[Si](C)(C)C(C)(C)C)cc1C.[Li+]. The van der Waals surface area contributed by atoms with Gasteiger partial charge in [-0.1, -0.05) is 34.6 Å². The van der Waals surface area contributed by atoms with Crippen LogP contribution in [0.4, 0.5) is 0 Å². The number of rotatable bonds is 2. The number of aryl methyl sites for hydroxylation is 2. The predicted molar refractivity (Wildman–Crippen MR) is 69.3 cm³/mol. The van der Waals surface area contributed by atoms with E-state index in [1.165, 1.54) is 11.1 Å². The van der Waals surface area contributed by atoms with Gasteiger partial charge in [0.2, 0.25) is 8.32 Å². The Morgan fingerprint density at radius 2 is 1.44 bits per heavy atom. The van der Waals surface area contributed by atoms with Crippen molar-refractivity contribution in [2.75, 3.05) is 0 Å². The van der Waals surface area contributed by atoms with E-state index in [1.807, 2.05) is 0 Å². The molecular weight excluding hydrogens is 207 g/mol. The second-order valence-corrected chi connectivity index (χ2v) is 10.6. The number of hydrogen-bond acceptors (Lipinski definition) is 1. The molecule has 16 heavy (non-hydrogen) atoms. The zero-order chi connectivity index (χ0) is 11.9. The summed E-state index contributed by atoms with van der Waals surface area (Å²) in [5, 5.41) is 0.270. The van der Waals surface area contributed by atoms with Gasteiger partial charge in [-0.15, -0.1) is 12.1 Å². The van der Waals surface area contributed by atoms with Gasteiger partial charge >= 0.3 is 18.9 Å². The van der Waals surface area contributed by atoms with Crippen molar-refractivity contribution in [1.82, 2.24) is 0 Å². The molecular formula is C13H23LiOSi. The first-order valence-corrected chi connectivity index (χ1v) is 8.47. The zero-order valence-electron chi connectivity index (χ0n) is 12.1. The zero-order valence-corrected chi connectivity index (χ0v) is 13.1. The molecule has 0 radical (unpaired) electrons. The summed E-state index contributed by atoms with van der Waals surface area (Å²) in [6.07, 6.45) is 0. The Labute approximate surface area is 113 Å². The maximum absolute atomic E-state index is 6.21. The Morgan fingerprint density at radius 3 is 1.75 bits per heavy atom. The van der Waals surface area contributed by atoms with E-state index in [0.29, 0.717) is 0 Å². The maximum atomic E-state index is 6.21. The minimum Gasteiger partial charge on any atom is -0.602 e. The van der Waals surface area contributed by atoms with Crippen LogP contribution in [0.5, 0.6) is 5.75 Å². The van der Waals surface area contributed by atoms with E-state index in [0.717, 1.165) is 5.75 Å². The molecule has 0 aliphatic rings. The molecule has 1 aromatic carbocycles. The van der Waals surface area contributed by atoms with E-state index in [-0.39, 0.29) is 23.9 Å². The normalized spacial score (nSPS) is 12.2. The van der Waals surface area contributed by atoms with Gasteiger partial charge < -0.3 is 4.43 Å². The first-order chi connectivity index (χ1) is 6.63. The van der Waals surface area contributed by atoms with Gasteiger partial charge in [0.1, 0.15) is 0 Å². The van der Waals surface area contributed by atoms with Crippen LogP contribution in [0.15, 0.2) is 12.1 Å². The first kappa shape index (κ1) is 16.0. The summed E-state index contributed by atoms with van der Waals surface area (Å²) in [5.41, 5.74) is 2.65. The summed E-state index contributed by atoms with van der Waals surface area (Å²) in [5.74, 6) is 1.05. The summed E-state index contributed by atoms with van der Waals surface area (Å²) < 4.78 is 6.21. The van der Waals surface area contributed by atoms with Crippen molar-refractivity contribution in [3.05, 3.63) is 23.3 Å². The molecule has 0 aliphatic carbocycles. The van der Waals surface area contributed by atoms with Gasteiger partial charge in [-0.3, -0.25) is 0 Å². The molecule has 0 heterocycles. The third-order valence-electron chi connectivity index (χ3n) is 3.52. The predicted octanol–water partition coefficient (Wildman–Crippen LogP) is 1.41. The van der Waals surface area contributed by atoms with Crippen molar-refractivity contribution >= 4 is 8.32 Å². The van der Waals surface area contributed by atoms with Gasteiger partial charge in [-0.25, -0.2) is 0 Å². The fourth-order valence-corrected chi connectivity index (χ4v) is 2.22. The van der Waals surface area contributed by atoms with Crippen LogP contribution in [0.25, 0.3) is 0 Å². The van der Waals surface area contributed by atoms with Gasteiger partial charge in [0.15, 0.2) is 0 Å². The van der Waals surface area contributed by atoms with Crippen LogP contribution in [0.1, 0.15) is 31.9 Å². The van der Waals surface area contributed by atoms with E-state index in [9.17, 15) is 0 Å². The minimum atomic E-state index is -1.66. The second-order valence-electron chi connectivity index (χ2n) is 5.92. The van der Waals surface area contributed by atoms with Gasteiger partial charge in [0, 0.05) is 0 Å². The topological polar surface area (TPSA) is 9.23 Å². The van der Waals surface area contributed by atoms with Crippen LogP contribution < -0.4 is 23.3 Å². The molecule has 1 nitrogen and oxygen atoms in total. The number of hydrogen-bond donors (Lipinski definition) is 0. The molecule has 86 valence electrons. The largest absolute Gasteiger partial charge is 1.00 e. The molecule has 0 aliphatic heterocycles. The molecule has 0 bridgehead atoms. The third-order valence-corrected chi connectivity index (χ3v) is 7.88. The Balaban J connectivity index is 0.00000225. The fourth-order valence-electron chi connectivity index (χ4n) is 1.20. The van der Waals surface area contributed by atoms with Crippen molar-refractivity contribution in [3.8, 4) is 5.75 Å². The van der Waals surface area contributed by atoms with E-state index in [4.69, 9.17) is 4.43 Å². The van der Waals surface area contributed by atoms with Crippen molar-refractivity contribution in [1.29, 1.82) is 0 Å². The molecule has 0 aromatic heterocycles. The molecule has 0 saturated heterocycles. The summed E-state index contributed by atoms with van der Waals surface area (Å²) in [7, 11) is -1.66. The Bertz CT molecular complexity index is 328. The van der Waals surface area contributed by atoms with Crippen molar-refractivity contribution in [2.24, 2.45) is 0 Å². The summed E-state index contributed by atoms with van der Waals surface area (Å²) in [6, 6.07) is 4.30. The fraction of sp³-hybridized carbons (Fsp3) is 0.615. The van der Waals surface area contributed by atoms with Crippen LogP contribution >= 0.6 is 0 Å². The molecule has 3 heteroatoms. The summed E-state index contributed by atoms with van der Waals surface area (Å²) in [4.78, 5) is 0. The molecule has 0 fully saturated rings. The van der Waals surface area contributed by atoms with Gasteiger partial charge in [-0.2, -0.15) is 11.1 Å². The maximum Gasteiger partial charge on any atom is 1.00 e. The molecule has 0 spiro atoms. The van der Waals surface area contributed by atoms with Crippen molar-refractivity contribution < 1.29 is 23.3 Å². The summed E-state index contributed by atoms with van der Waals surface area (Å²) >= 11 is 0. The molecule has 1 aromatic rings. The van der Waals surface area contributed by atoms with Gasteiger partial charge in [0.05, 0.1) is 0 Å². The average Bonchev–Trinajstić information content (AvgIpc) is 2.27. The monoisotopic (exact) mass is 230 g/mol. The van der Waals surface area contributed by atoms with Crippen LogP contribution in [0.3, 0.4) is 0 Å². The molecule has 0 atom stereocenters. The Morgan fingerprint density at radius 1 is 1.06 bits per heavy atom. The van der Waals surface area contributed by atoms with Crippen molar-refractivity contribution in [3.63, 3.8) is 0 Å². The van der Waals surface area contributed by atoms with Crippen LogP contribution in [-0.4, -0.2) is 8.32 Å². The molecule has 0 N–H and O–H groups in total. The molecule has 0 unspecified atom stereocenters. The van der Waals surface area contributed by atoms with Crippen LogP contribution in [0, 0.1) is 13.8 Å². The van der Waals surface area contributed by atoms with Gasteiger partial charge in [0.25, 0.3) is 0 Å². The average molecular weight is 230 g/mol. The molecule has 0 amide bonds. The van der Waals surface area contributed by atoms with Crippen molar-refractivity contribution in [2.45, 2.75) is 52.8 Å². The first-order valence-electron chi connectivity index (χ1n) is 5.56. The van der Waals surface area contributed by atoms with E-state index in [1.54, 1.807) is 0 Å². The van der Waals surface area contributed by atoms with Crippen LogP contribution in [0.2, 0.25) is 18.1 Å². The Kier molecular flexibility index (Phi) is 5.07. The molecule has 1 rings (SSSR count). The Hall–Kier alpha value is -0.0357. The smallest absolute Gasteiger partial charge is 0.602 e. The van der Waals surface area contributed by atoms with Gasteiger partial charge in [-0.05, 0) is 23.9 Å². The minimum absolute atomic E-state index is 0. The van der Waals surface area contributed by atoms with E-state index < -0.39 is 8.32 Å². The summed E-state index contributed by atoms with van der Waals surface area (Å²) in [6.45, 7) is 15.6. The molecule has 0 saturated carbocycles. The van der Waals surface area contributed by atoms with Crippen LogP contribution in [-0.2, 0) is 0 Å². The second kappa shape index (κ2) is 5.08. The standard InChI is InChI=1S/C13H23OSi.Li/c1-10-8-12(9-11(10)2)14-15(6,7)13(3,4)5;/h8-9H,1-7H3;/q-1;+1. The van der Waals surface area contributed by atoms with E-state index in [2.05, 4.69) is 59.8 Å². The van der Waals surface area contributed by atoms with E-state index >= 15 is 0 Å². The third kappa shape index (κ3) is 3.48.